The Balaban J connectivity index is 1.76. The molecule has 3 aromatic rings. The van der Waals surface area contributed by atoms with Crippen LogP contribution in [0.1, 0.15) is 32.7 Å². The molecule has 166 valence electrons. The number of carbonyl (C=O) groups is 1. The van der Waals surface area contributed by atoms with Crippen molar-refractivity contribution in [1.29, 1.82) is 0 Å². The number of esters is 1. The fourth-order valence-corrected chi connectivity index (χ4v) is 4.16. The Morgan fingerprint density at radius 3 is 2.34 bits per heavy atom. The van der Waals surface area contributed by atoms with Crippen molar-refractivity contribution < 1.29 is 19.4 Å². The Morgan fingerprint density at radius 2 is 1.69 bits per heavy atom. The van der Waals surface area contributed by atoms with Gasteiger partial charge in [-0.15, -0.1) is 0 Å². The normalized spacial score (nSPS) is 13.4. The number of aromatic hydroxyl groups is 1. The van der Waals surface area contributed by atoms with Crippen molar-refractivity contribution in [1.82, 2.24) is 9.47 Å². The lowest BCUT2D eigenvalue weighted by atomic mass is 9.99. The third-order valence-corrected chi connectivity index (χ3v) is 5.85. The third kappa shape index (κ3) is 4.24. The summed E-state index contributed by atoms with van der Waals surface area (Å²) < 4.78 is 11.6. The van der Waals surface area contributed by atoms with Crippen molar-refractivity contribution in [3.8, 4) is 11.5 Å². The monoisotopic (exact) mass is 434 g/mol. The van der Waals surface area contributed by atoms with Crippen molar-refractivity contribution in [2.45, 2.75) is 26.1 Å². The van der Waals surface area contributed by atoms with E-state index in [2.05, 4.69) is 17.0 Å². The van der Waals surface area contributed by atoms with Crippen molar-refractivity contribution in [3.63, 3.8) is 0 Å². The molecule has 2 heterocycles. The molecule has 0 atom stereocenters. The van der Waals surface area contributed by atoms with E-state index in [0.717, 1.165) is 23.6 Å². The van der Waals surface area contributed by atoms with E-state index in [4.69, 9.17) is 9.47 Å². The molecule has 1 aliphatic rings. The zero-order chi connectivity index (χ0) is 22.7. The number of aromatic nitrogens is 1. The maximum absolute atomic E-state index is 13.3. The number of fused-ring (bicyclic) bond motifs is 1. The minimum absolute atomic E-state index is 0.262. The van der Waals surface area contributed by atoms with Crippen molar-refractivity contribution in [2.75, 3.05) is 20.8 Å². The van der Waals surface area contributed by atoms with Crippen LogP contribution in [0.4, 0.5) is 0 Å². The standard InChI is InChI=1S/C25H26N2O5/c1-31-19-10-8-18(9-11-19)15-27-21-16-26(14-17-6-4-3-5-7-17)13-12-20(21)23(28)22(24(27)29)25(30)32-2/h3-11,28H,12-16H2,1-2H3. The van der Waals surface area contributed by atoms with Gasteiger partial charge in [0, 0.05) is 30.9 Å². The molecule has 1 aromatic heterocycles. The van der Waals surface area contributed by atoms with Gasteiger partial charge < -0.3 is 19.1 Å². The van der Waals surface area contributed by atoms with Gasteiger partial charge in [0.25, 0.3) is 5.56 Å². The van der Waals surface area contributed by atoms with Gasteiger partial charge in [-0.2, -0.15) is 0 Å². The second kappa shape index (κ2) is 9.28. The predicted octanol–water partition coefficient (Wildman–Crippen LogP) is 2.96. The summed E-state index contributed by atoms with van der Waals surface area (Å²) in [4.78, 5) is 27.9. The zero-order valence-electron chi connectivity index (χ0n) is 18.2. The minimum Gasteiger partial charge on any atom is -0.506 e. The third-order valence-electron chi connectivity index (χ3n) is 5.85. The highest BCUT2D eigenvalue weighted by atomic mass is 16.5. The fraction of sp³-hybridized carbons (Fsp3) is 0.280. The van der Waals surface area contributed by atoms with Crippen molar-refractivity contribution in [2.24, 2.45) is 0 Å². The Hall–Kier alpha value is -3.58. The average Bonchev–Trinajstić information content (AvgIpc) is 2.82. The van der Waals surface area contributed by atoms with E-state index in [1.807, 2.05) is 42.5 Å². The maximum Gasteiger partial charge on any atom is 0.347 e. The molecule has 1 N–H and O–H groups in total. The SMILES string of the molecule is COC(=O)c1c(O)c2c(n(Cc3ccc(OC)cc3)c1=O)CN(Cc1ccccc1)CC2. The van der Waals surface area contributed by atoms with E-state index in [9.17, 15) is 14.7 Å². The maximum atomic E-state index is 13.3. The zero-order valence-corrected chi connectivity index (χ0v) is 18.2. The molecule has 7 heteroatoms. The highest BCUT2D eigenvalue weighted by Crippen LogP contribution is 2.30. The molecule has 7 nitrogen and oxygen atoms in total. The molecule has 2 aromatic carbocycles. The molecule has 0 radical (unpaired) electrons. The predicted molar refractivity (Wildman–Crippen MR) is 120 cm³/mol. The molecule has 0 bridgehead atoms. The van der Waals surface area contributed by atoms with E-state index in [1.54, 1.807) is 11.7 Å². The number of pyridine rings is 1. The number of carbonyl (C=O) groups excluding carboxylic acids is 1. The van der Waals surface area contributed by atoms with Crippen LogP contribution in [-0.4, -0.2) is 41.3 Å². The summed E-state index contributed by atoms with van der Waals surface area (Å²) in [5.41, 5.74) is 2.55. The smallest absolute Gasteiger partial charge is 0.347 e. The number of benzene rings is 2. The summed E-state index contributed by atoms with van der Waals surface area (Å²) in [7, 11) is 2.80. The summed E-state index contributed by atoms with van der Waals surface area (Å²) in [5, 5.41) is 10.8. The Morgan fingerprint density at radius 1 is 1.00 bits per heavy atom. The summed E-state index contributed by atoms with van der Waals surface area (Å²) in [6, 6.07) is 17.5. The fourth-order valence-electron chi connectivity index (χ4n) is 4.16. The molecular formula is C25H26N2O5. The van der Waals surface area contributed by atoms with Crippen LogP contribution in [0, 0.1) is 0 Å². The molecule has 0 fully saturated rings. The van der Waals surface area contributed by atoms with Gasteiger partial charge in [0.05, 0.1) is 20.8 Å². The first-order chi connectivity index (χ1) is 15.5. The first-order valence-electron chi connectivity index (χ1n) is 10.5. The number of methoxy groups -OCH3 is 2. The lowest BCUT2D eigenvalue weighted by Gasteiger charge is -2.31. The number of ether oxygens (including phenoxy) is 2. The molecule has 0 saturated heterocycles. The van der Waals surface area contributed by atoms with Crippen LogP contribution in [0.5, 0.6) is 11.5 Å². The van der Waals surface area contributed by atoms with Gasteiger partial charge in [-0.05, 0) is 29.7 Å². The van der Waals surface area contributed by atoms with Gasteiger partial charge >= 0.3 is 5.97 Å². The molecular weight excluding hydrogens is 408 g/mol. The van der Waals surface area contributed by atoms with Gasteiger partial charge in [-0.1, -0.05) is 42.5 Å². The highest BCUT2D eigenvalue weighted by molar-refractivity contribution is 5.92. The molecule has 0 aliphatic carbocycles. The van der Waals surface area contributed by atoms with Crippen molar-refractivity contribution in [3.05, 3.63) is 92.9 Å². The Kier molecular flexibility index (Phi) is 6.28. The Labute approximate surface area is 186 Å². The molecule has 1 aliphatic heterocycles. The van der Waals surface area contributed by atoms with E-state index < -0.39 is 11.5 Å². The van der Waals surface area contributed by atoms with Gasteiger partial charge in [-0.3, -0.25) is 9.69 Å². The van der Waals surface area contributed by atoms with Crippen LogP contribution in [0.15, 0.2) is 59.4 Å². The van der Waals surface area contributed by atoms with Crippen LogP contribution in [0.3, 0.4) is 0 Å². The molecule has 0 unspecified atom stereocenters. The first-order valence-corrected chi connectivity index (χ1v) is 10.5. The summed E-state index contributed by atoms with van der Waals surface area (Å²) in [6.45, 7) is 2.20. The van der Waals surface area contributed by atoms with Gasteiger partial charge in [0.1, 0.15) is 11.5 Å². The van der Waals surface area contributed by atoms with Crippen LogP contribution in [-0.2, 0) is 30.8 Å². The highest BCUT2D eigenvalue weighted by Gasteiger charge is 2.30. The van der Waals surface area contributed by atoms with Gasteiger partial charge in [0.2, 0.25) is 0 Å². The summed E-state index contributed by atoms with van der Waals surface area (Å²) in [6.07, 6.45) is 0.529. The Bertz CT molecular complexity index is 1170. The molecule has 32 heavy (non-hydrogen) atoms. The lowest BCUT2D eigenvalue weighted by Crippen LogP contribution is -2.38. The number of hydrogen-bond acceptors (Lipinski definition) is 6. The molecule has 0 saturated carbocycles. The summed E-state index contributed by atoms with van der Waals surface area (Å²) >= 11 is 0. The second-order valence-corrected chi connectivity index (χ2v) is 7.83. The van der Waals surface area contributed by atoms with Crippen LogP contribution in [0.2, 0.25) is 0 Å². The number of nitrogens with zero attached hydrogens (tertiary/aromatic N) is 2. The van der Waals surface area contributed by atoms with Crippen molar-refractivity contribution >= 4 is 5.97 Å². The van der Waals surface area contributed by atoms with E-state index >= 15 is 0 Å². The second-order valence-electron chi connectivity index (χ2n) is 7.83. The summed E-state index contributed by atoms with van der Waals surface area (Å²) in [5.74, 6) is -0.370. The van der Waals surface area contributed by atoms with E-state index in [-0.39, 0.29) is 17.9 Å². The molecule has 0 spiro atoms. The van der Waals surface area contributed by atoms with Crippen LogP contribution < -0.4 is 10.3 Å². The van der Waals surface area contributed by atoms with Crippen LogP contribution >= 0.6 is 0 Å². The largest absolute Gasteiger partial charge is 0.506 e. The first kappa shape index (κ1) is 21.6. The number of rotatable bonds is 6. The molecule has 0 amide bonds. The number of hydrogen-bond donors (Lipinski definition) is 1. The topological polar surface area (TPSA) is 81.0 Å². The quantitative estimate of drug-likeness (QED) is 0.601. The van der Waals surface area contributed by atoms with Gasteiger partial charge in [0.15, 0.2) is 5.56 Å². The molecule has 4 rings (SSSR count). The van der Waals surface area contributed by atoms with Crippen LogP contribution in [0.25, 0.3) is 0 Å². The van der Waals surface area contributed by atoms with E-state index in [0.29, 0.717) is 25.1 Å². The minimum atomic E-state index is -0.828. The van der Waals surface area contributed by atoms with Gasteiger partial charge in [-0.25, -0.2) is 4.79 Å². The lowest BCUT2D eigenvalue weighted by molar-refractivity contribution is 0.0593. The average molecular weight is 434 g/mol. The van der Waals surface area contributed by atoms with E-state index in [1.165, 1.54) is 12.7 Å².